The van der Waals surface area contributed by atoms with Gasteiger partial charge in [-0.15, -0.1) is 0 Å². The summed E-state index contributed by atoms with van der Waals surface area (Å²) in [5.74, 6) is 1.12. The average molecular weight is 513 g/mol. The molecule has 1 aliphatic rings. The number of nitrogens with one attached hydrogen (secondary N) is 1. The number of rotatable bonds is 8. The molecular weight excluding hydrogens is 481 g/mol. The van der Waals surface area contributed by atoms with Crippen molar-refractivity contribution in [2.75, 3.05) is 27.8 Å². The fourth-order valence-electron chi connectivity index (χ4n) is 5.11. The molecule has 0 saturated heterocycles. The normalized spacial score (nSPS) is 16.5. The first-order valence-electron chi connectivity index (χ1n) is 12.2. The van der Waals surface area contributed by atoms with Gasteiger partial charge in [-0.1, -0.05) is 42.5 Å². The quantitative estimate of drug-likeness (QED) is 0.418. The smallest absolute Gasteiger partial charge is 0.416 e. The third-order valence-electron chi connectivity index (χ3n) is 6.97. The number of fused-ring (bicyclic) bond motifs is 1. The van der Waals surface area contributed by atoms with Gasteiger partial charge in [-0.25, -0.2) is 0 Å². The summed E-state index contributed by atoms with van der Waals surface area (Å²) >= 11 is 0. The van der Waals surface area contributed by atoms with E-state index in [1.54, 1.807) is 21.3 Å². The van der Waals surface area contributed by atoms with Crippen LogP contribution in [0.2, 0.25) is 0 Å². The molecular formula is C29H31F3N2O3. The predicted octanol–water partition coefficient (Wildman–Crippen LogP) is 5.74. The Morgan fingerprint density at radius 2 is 1.68 bits per heavy atom. The molecule has 3 aromatic carbocycles. The number of amides is 1. The van der Waals surface area contributed by atoms with Crippen molar-refractivity contribution >= 4 is 5.91 Å². The van der Waals surface area contributed by atoms with Crippen molar-refractivity contribution in [2.45, 2.75) is 37.5 Å². The highest BCUT2D eigenvalue weighted by atomic mass is 19.4. The Morgan fingerprint density at radius 3 is 2.27 bits per heavy atom. The molecule has 8 heteroatoms. The number of hydrogen-bond acceptors (Lipinski definition) is 4. The van der Waals surface area contributed by atoms with Gasteiger partial charge in [0.2, 0.25) is 5.91 Å². The van der Waals surface area contributed by atoms with E-state index in [-0.39, 0.29) is 11.9 Å². The van der Waals surface area contributed by atoms with Gasteiger partial charge in [-0.2, -0.15) is 13.2 Å². The lowest BCUT2D eigenvalue weighted by Crippen LogP contribution is -2.44. The zero-order chi connectivity index (χ0) is 26.6. The minimum atomic E-state index is -4.37. The largest absolute Gasteiger partial charge is 0.493 e. The van der Waals surface area contributed by atoms with Crippen LogP contribution in [0.4, 0.5) is 13.2 Å². The molecule has 1 N–H and O–H groups in total. The lowest BCUT2D eigenvalue weighted by atomic mass is 9.86. The third kappa shape index (κ3) is 5.74. The van der Waals surface area contributed by atoms with Crippen LogP contribution < -0.4 is 14.8 Å². The standard InChI is InChI=1S/C29H31F3N2O3/c1-33-28(35)27(20-7-5-4-6-8-20)34-16-15-21-17-25(36-2)26(37-3)18-23(21)24(34)14-11-19-9-12-22(13-10-19)29(30,31)32/h4-10,12-13,17-18,24,27H,11,14-16H2,1-3H3,(H,33,35)/t24-,27-/m1/s1. The molecule has 1 amide bonds. The van der Waals surface area contributed by atoms with Crippen molar-refractivity contribution in [3.8, 4) is 11.5 Å². The van der Waals surface area contributed by atoms with E-state index in [4.69, 9.17) is 9.47 Å². The van der Waals surface area contributed by atoms with Crippen molar-refractivity contribution in [2.24, 2.45) is 0 Å². The number of carbonyl (C=O) groups excluding carboxylic acids is 1. The first-order chi connectivity index (χ1) is 17.8. The Balaban J connectivity index is 1.73. The van der Waals surface area contributed by atoms with E-state index >= 15 is 0 Å². The van der Waals surface area contributed by atoms with Gasteiger partial charge in [0.1, 0.15) is 6.04 Å². The molecule has 0 aromatic heterocycles. The van der Waals surface area contributed by atoms with Gasteiger partial charge >= 0.3 is 6.18 Å². The second-order valence-corrected chi connectivity index (χ2v) is 9.07. The molecule has 0 saturated carbocycles. The Hall–Kier alpha value is -3.52. The van der Waals surface area contributed by atoms with E-state index in [1.165, 1.54) is 12.1 Å². The number of nitrogens with zero attached hydrogens (tertiary/aromatic N) is 1. The zero-order valence-corrected chi connectivity index (χ0v) is 21.1. The molecule has 0 bridgehead atoms. The maximum absolute atomic E-state index is 13.2. The minimum absolute atomic E-state index is 0.116. The maximum Gasteiger partial charge on any atom is 0.416 e. The van der Waals surface area contributed by atoms with Crippen molar-refractivity contribution in [1.29, 1.82) is 0 Å². The highest BCUT2D eigenvalue weighted by Crippen LogP contribution is 2.43. The molecule has 5 nitrogen and oxygen atoms in total. The fourth-order valence-corrected chi connectivity index (χ4v) is 5.11. The van der Waals surface area contributed by atoms with Crippen LogP contribution in [0.15, 0.2) is 66.7 Å². The van der Waals surface area contributed by atoms with Gasteiger partial charge in [0.05, 0.1) is 19.8 Å². The molecule has 1 aliphatic heterocycles. The summed E-state index contributed by atoms with van der Waals surface area (Å²) in [5, 5.41) is 2.81. The summed E-state index contributed by atoms with van der Waals surface area (Å²) in [6.45, 7) is 0.632. The molecule has 4 rings (SSSR count). The molecule has 0 fully saturated rings. The Morgan fingerprint density at radius 1 is 1.03 bits per heavy atom. The number of benzene rings is 3. The summed E-state index contributed by atoms with van der Waals surface area (Å²) in [6, 6.07) is 18.2. The van der Waals surface area contributed by atoms with Crippen LogP contribution in [-0.4, -0.2) is 38.6 Å². The highest BCUT2D eigenvalue weighted by molar-refractivity contribution is 5.83. The summed E-state index contributed by atoms with van der Waals surface area (Å²) in [5.41, 5.74) is 3.15. The Kier molecular flexibility index (Phi) is 8.07. The van der Waals surface area contributed by atoms with Crippen LogP contribution in [0.25, 0.3) is 0 Å². The molecule has 0 spiro atoms. The summed E-state index contributed by atoms with van der Waals surface area (Å²) < 4.78 is 50.2. The van der Waals surface area contributed by atoms with Crippen LogP contribution in [0.5, 0.6) is 11.5 Å². The molecule has 196 valence electrons. The lowest BCUT2D eigenvalue weighted by Gasteiger charge is -2.42. The molecule has 37 heavy (non-hydrogen) atoms. The Bertz CT molecular complexity index is 1210. The van der Waals surface area contributed by atoms with Crippen LogP contribution in [0.3, 0.4) is 0 Å². The number of aryl methyl sites for hydroxylation is 1. The van der Waals surface area contributed by atoms with E-state index < -0.39 is 17.8 Å². The van der Waals surface area contributed by atoms with Crippen LogP contribution in [0, 0.1) is 0 Å². The lowest BCUT2D eigenvalue weighted by molar-refractivity contribution is -0.137. The number of carbonyl (C=O) groups is 1. The van der Waals surface area contributed by atoms with Gasteiger partial charge < -0.3 is 14.8 Å². The van der Waals surface area contributed by atoms with Crippen LogP contribution >= 0.6 is 0 Å². The third-order valence-corrected chi connectivity index (χ3v) is 6.97. The van der Waals surface area contributed by atoms with Crippen molar-refractivity contribution in [3.63, 3.8) is 0 Å². The second-order valence-electron chi connectivity index (χ2n) is 9.07. The molecule has 1 heterocycles. The van der Waals surface area contributed by atoms with Crippen LogP contribution in [-0.2, 0) is 23.8 Å². The molecule has 0 unspecified atom stereocenters. The number of alkyl halides is 3. The first kappa shape index (κ1) is 26.5. The molecule has 0 aliphatic carbocycles. The van der Waals surface area contributed by atoms with Gasteiger partial charge in [-0.3, -0.25) is 9.69 Å². The topological polar surface area (TPSA) is 50.8 Å². The number of likely N-dealkylation sites (N-methyl/N-ethyl adjacent to an activating group) is 1. The van der Waals surface area contributed by atoms with Gasteiger partial charge in [-0.05, 0) is 65.8 Å². The van der Waals surface area contributed by atoms with Crippen molar-refractivity contribution in [1.82, 2.24) is 10.2 Å². The van der Waals surface area contributed by atoms with Gasteiger partial charge in [0.25, 0.3) is 0 Å². The molecule has 3 aromatic rings. The highest BCUT2D eigenvalue weighted by Gasteiger charge is 2.37. The van der Waals surface area contributed by atoms with E-state index in [9.17, 15) is 18.0 Å². The van der Waals surface area contributed by atoms with Crippen LogP contribution in [0.1, 0.15) is 46.3 Å². The fraction of sp³-hybridized carbons (Fsp3) is 0.345. The van der Waals surface area contributed by atoms with E-state index in [0.29, 0.717) is 37.3 Å². The number of hydrogen-bond donors (Lipinski definition) is 1. The first-order valence-corrected chi connectivity index (χ1v) is 12.2. The number of methoxy groups -OCH3 is 2. The van der Waals surface area contributed by atoms with Crippen molar-refractivity contribution in [3.05, 3.63) is 94.5 Å². The minimum Gasteiger partial charge on any atom is -0.493 e. The average Bonchev–Trinajstić information content (AvgIpc) is 2.91. The number of ether oxygens (including phenoxy) is 2. The Labute approximate surface area is 215 Å². The number of halogens is 3. The van der Waals surface area contributed by atoms with Crippen molar-refractivity contribution < 1.29 is 27.4 Å². The summed E-state index contributed by atoms with van der Waals surface area (Å²) in [7, 11) is 4.80. The summed E-state index contributed by atoms with van der Waals surface area (Å²) in [4.78, 5) is 15.4. The zero-order valence-electron chi connectivity index (χ0n) is 21.1. The van der Waals surface area contributed by atoms with Gasteiger partial charge in [0, 0.05) is 19.6 Å². The SMILES string of the molecule is CNC(=O)[C@@H](c1ccccc1)N1CCc2cc(OC)c(OC)cc2[C@H]1CCc1ccc(C(F)(F)F)cc1. The molecule has 0 radical (unpaired) electrons. The second kappa shape index (κ2) is 11.3. The predicted molar refractivity (Wildman–Crippen MR) is 136 cm³/mol. The van der Waals surface area contributed by atoms with E-state index in [1.807, 2.05) is 42.5 Å². The van der Waals surface area contributed by atoms with E-state index in [2.05, 4.69) is 10.2 Å². The monoisotopic (exact) mass is 512 g/mol. The van der Waals surface area contributed by atoms with E-state index in [0.717, 1.165) is 34.4 Å². The maximum atomic E-state index is 13.2. The summed E-state index contributed by atoms with van der Waals surface area (Å²) in [6.07, 6.45) is -2.51. The molecule has 2 atom stereocenters. The van der Waals surface area contributed by atoms with Gasteiger partial charge in [0.15, 0.2) is 11.5 Å².